The summed E-state index contributed by atoms with van der Waals surface area (Å²) in [6.07, 6.45) is 3.78. The van der Waals surface area contributed by atoms with E-state index >= 15 is 0 Å². The highest BCUT2D eigenvalue weighted by atomic mass is 16.4. The van der Waals surface area contributed by atoms with E-state index < -0.39 is 11.9 Å². The molecule has 0 unspecified atom stereocenters. The summed E-state index contributed by atoms with van der Waals surface area (Å²) in [6, 6.07) is 11.5. The number of hydrogen-bond acceptors (Lipinski definition) is 4. The van der Waals surface area contributed by atoms with Crippen LogP contribution in [0.3, 0.4) is 0 Å². The van der Waals surface area contributed by atoms with Gasteiger partial charge in [0.2, 0.25) is 5.91 Å². The van der Waals surface area contributed by atoms with E-state index in [9.17, 15) is 19.5 Å². The molecule has 1 heterocycles. The van der Waals surface area contributed by atoms with Crippen molar-refractivity contribution in [3.8, 4) is 0 Å². The van der Waals surface area contributed by atoms with Gasteiger partial charge in [-0.25, -0.2) is 4.79 Å². The van der Waals surface area contributed by atoms with Gasteiger partial charge in [0.15, 0.2) is 5.43 Å². The Kier molecular flexibility index (Phi) is 4.66. The highest BCUT2D eigenvalue weighted by molar-refractivity contribution is 6.06. The van der Waals surface area contributed by atoms with E-state index in [2.05, 4.69) is 5.32 Å². The number of carboxylic acid groups (broad SMARTS) is 1. The number of aryl methyl sites for hydroxylation is 1. The summed E-state index contributed by atoms with van der Waals surface area (Å²) in [4.78, 5) is 35.7. The topological polar surface area (TPSA) is 96.6 Å². The van der Waals surface area contributed by atoms with Gasteiger partial charge in [-0.2, -0.15) is 0 Å². The molecule has 1 amide bonds. The van der Waals surface area contributed by atoms with Gasteiger partial charge < -0.3 is 14.8 Å². The Labute approximate surface area is 148 Å². The van der Waals surface area contributed by atoms with Crippen LogP contribution in [0.2, 0.25) is 0 Å². The van der Waals surface area contributed by atoms with E-state index in [1.165, 1.54) is 24.5 Å². The molecular formula is C20H15NO5. The van der Waals surface area contributed by atoms with E-state index in [-0.39, 0.29) is 22.2 Å². The molecule has 0 saturated carbocycles. The molecule has 3 aromatic rings. The number of hydrogen-bond donors (Lipinski definition) is 2. The highest BCUT2D eigenvalue weighted by Crippen LogP contribution is 2.17. The van der Waals surface area contributed by atoms with Crippen LogP contribution >= 0.6 is 0 Å². The van der Waals surface area contributed by atoms with Crippen LogP contribution in [0.4, 0.5) is 5.69 Å². The summed E-state index contributed by atoms with van der Waals surface area (Å²) < 4.78 is 5.38. The predicted octanol–water partition coefficient (Wildman–Crippen LogP) is 3.45. The Morgan fingerprint density at radius 2 is 1.92 bits per heavy atom. The number of nitrogens with one attached hydrogen (secondary N) is 1. The van der Waals surface area contributed by atoms with Gasteiger partial charge in [0.1, 0.15) is 11.8 Å². The van der Waals surface area contributed by atoms with Crippen molar-refractivity contribution in [2.24, 2.45) is 0 Å². The summed E-state index contributed by atoms with van der Waals surface area (Å²) in [5.74, 6) is -1.69. The third kappa shape index (κ3) is 3.54. The number of carbonyl (C=O) groups excluding carboxylic acids is 1. The van der Waals surface area contributed by atoms with Crippen molar-refractivity contribution in [1.82, 2.24) is 0 Å². The minimum absolute atomic E-state index is 0.00281. The maximum Gasteiger partial charge on any atom is 0.337 e. The van der Waals surface area contributed by atoms with E-state index in [1.54, 1.807) is 37.3 Å². The molecule has 6 nitrogen and oxygen atoms in total. The SMILES string of the molecule is Cc1ccc(NC(=O)/C=C/c2coc3ccccc3c2=O)c(C(=O)O)c1. The van der Waals surface area contributed by atoms with E-state index in [0.717, 1.165) is 11.6 Å². The van der Waals surface area contributed by atoms with Crippen molar-refractivity contribution < 1.29 is 19.1 Å². The van der Waals surface area contributed by atoms with E-state index in [4.69, 9.17) is 4.42 Å². The molecule has 0 atom stereocenters. The van der Waals surface area contributed by atoms with Gasteiger partial charge in [0, 0.05) is 6.08 Å². The smallest absolute Gasteiger partial charge is 0.337 e. The number of rotatable bonds is 4. The first-order chi connectivity index (χ1) is 12.5. The zero-order valence-corrected chi connectivity index (χ0v) is 13.9. The Bertz CT molecular complexity index is 1090. The first-order valence-corrected chi connectivity index (χ1v) is 7.79. The number of carboxylic acids is 1. The molecule has 0 aliphatic carbocycles. The van der Waals surface area contributed by atoms with Crippen molar-refractivity contribution in [2.75, 3.05) is 5.32 Å². The van der Waals surface area contributed by atoms with Crippen LogP contribution in [0.5, 0.6) is 0 Å². The monoisotopic (exact) mass is 349 g/mol. The number of benzene rings is 2. The van der Waals surface area contributed by atoms with Crippen LogP contribution in [0, 0.1) is 6.92 Å². The number of aromatic carboxylic acids is 1. The second-order valence-electron chi connectivity index (χ2n) is 5.69. The molecule has 0 fully saturated rings. The molecule has 26 heavy (non-hydrogen) atoms. The summed E-state index contributed by atoms with van der Waals surface area (Å²) >= 11 is 0. The van der Waals surface area contributed by atoms with Crippen molar-refractivity contribution in [2.45, 2.75) is 6.92 Å². The number of amides is 1. The van der Waals surface area contributed by atoms with Crippen LogP contribution in [0.25, 0.3) is 17.0 Å². The average Bonchev–Trinajstić information content (AvgIpc) is 2.62. The molecule has 130 valence electrons. The fourth-order valence-electron chi connectivity index (χ4n) is 2.49. The highest BCUT2D eigenvalue weighted by Gasteiger charge is 2.12. The van der Waals surface area contributed by atoms with Crippen LogP contribution in [0.15, 0.2) is 64.0 Å². The molecule has 2 aromatic carbocycles. The van der Waals surface area contributed by atoms with Crippen molar-refractivity contribution in [3.63, 3.8) is 0 Å². The molecule has 0 aliphatic heterocycles. The molecule has 0 radical (unpaired) electrons. The van der Waals surface area contributed by atoms with Crippen LogP contribution in [-0.4, -0.2) is 17.0 Å². The van der Waals surface area contributed by atoms with Crippen molar-refractivity contribution >= 4 is 34.6 Å². The zero-order chi connectivity index (χ0) is 18.7. The van der Waals surface area contributed by atoms with Crippen molar-refractivity contribution in [1.29, 1.82) is 0 Å². The third-order valence-electron chi connectivity index (χ3n) is 3.78. The van der Waals surface area contributed by atoms with Gasteiger partial charge >= 0.3 is 5.97 Å². The molecule has 2 N–H and O–H groups in total. The first kappa shape index (κ1) is 17.2. The maximum absolute atomic E-state index is 12.4. The standard InChI is InChI=1S/C20H15NO5/c1-12-6-8-16(15(10-12)20(24)25)21-18(22)9-7-13-11-26-17-5-3-2-4-14(17)19(13)23/h2-11H,1H3,(H,21,22)(H,24,25)/b9-7+. The van der Waals surface area contributed by atoms with Gasteiger partial charge in [-0.3, -0.25) is 9.59 Å². The van der Waals surface area contributed by atoms with Gasteiger partial charge in [-0.1, -0.05) is 23.8 Å². The minimum Gasteiger partial charge on any atom is -0.478 e. The molecule has 0 spiro atoms. The van der Waals surface area contributed by atoms with Crippen LogP contribution in [-0.2, 0) is 4.79 Å². The molecule has 0 aliphatic rings. The van der Waals surface area contributed by atoms with Crippen molar-refractivity contribution in [3.05, 3.63) is 81.7 Å². The third-order valence-corrected chi connectivity index (χ3v) is 3.78. The average molecular weight is 349 g/mol. The second-order valence-corrected chi connectivity index (χ2v) is 5.69. The lowest BCUT2D eigenvalue weighted by atomic mass is 10.1. The first-order valence-electron chi connectivity index (χ1n) is 7.79. The van der Waals surface area contributed by atoms with E-state index in [0.29, 0.717) is 11.0 Å². The Morgan fingerprint density at radius 1 is 1.15 bits per heavy atom. The lowest BCUT2D eigenvalue weighted by Gasteiger charge is -2.07. The van der Waals surface area contributed by atoms with Crippen LogP contribution < -0.4 is 10.7 Å². The Balaban J connectivity index is 1.84. The fraction of sp³-hybridized carbons (Fsp3) is 0.0500. The lowest BCUT2D eigenvalue weighted by molar-refractivity contribution is -0.111. The molecule has 0 bridgehead atoms. The minimum atomic E-state index is -1.14. The zero-order valence-electron chi connectivity index (χ0n) is 13.9. The molecule has 3 rings (SSSR count). The lowest BCUT2D eigenvalue weighted by Crippen LogP contribution is -2.12. The molecular weight excluding hydrogens is 334 g/mol. The van der Waals surface area contributed by atoms with Crippen LogP contribution in [0.1, 0.15) is 21.5 Å². The van der Waals surface area contributed by atoms with Gasteiger partial charge in [-0.15, -0.1) is 0 Å². The summed E-state index contributed by atoms with van der Waals surface area (Å²) in [5, 5.41) is 12.1. The number of fused-ring (bicyclic) bond motifs is 1. The maximum atomic E-state index is 12.4. The largest absolute Gasteiger partial charge is 0.478 e. The number of para-hydroxylation sites is 1. The predicted molar refractivity (Wildman–Crippen MR) is 98.3 cm³/mol. The Morgan fingerprint density at radius 3 is 2.69 bits per heavy atom. The fourth-order valence-corrected chi connectivity index (χ4v) is 2.49. The summed E-state index contributed by atoms with van der Waals surface area (Å²) in [7, 11) is 0. The molecule has 1 aromatic heterocycles. The van der Waals surface area contributed by atoms with E-state index in [1.807, 2.05) is 0 Å². The number of anilines is 1. The quantitative estimate of drug-likeness (QED) is 0.703. The number of carbonyl (C=O) groups is 2. The summed E-state index contributed by atoms with van der Waals surface area (Å²) in [6.45, 7) is 1.76. The molecule has 0 saturated heterocycles. The summed E-state index contributed by atoms with van der Waals surface area (Å²) in [5.41, 5.74) is 1.38. The Hall–Kier alpha value is -3.67. The van der Waals surface area contributed by atoms with Gasteiger partial charge in [0.25, 0.3) is 0 Å². The van der Waals surface area contributed by atoms with Gasteiger partial charge in [-0.05, 0) is 37.3 Å². The molecule has 6 heteroatoms. The normalized spacial score (nSPS) is 11.0. The van der Waals surface area contributed by atoms with Gasteiger partial charge in [0.05, 0.1) is 22.2 Å². The second kappa shape index (κ2) is 7.06.